The van der Waals surface area contributed by atoms with Crippen LogP contribution in [0.3, 0.4) is 0 Å². The minimum absolute atomic E-state index is 0.120. The van der Waals surface area contributed by atoms with Crippen LogP contribution in [0.25, 0.3) is 6.08 Å². The van der Waals surface area contributed by atoms with Gasteiger partial charge in [-0.15, -0.1) is 11.3 Å². The molecule has 8 heteroatoms. The first-order valence-corrected chi connectivity index (χ1v) is 8.90. The van der Waals surface area contributed by atoms with Gasteiger partial charge in [0.25, 0.3) is 0 Å². The van der Waals surface area contributed by atoms with E-state index in [2.05, 4.69) is 4.74 Å². The van der Waals surface area contributed by atoms with Gasteiger partial charge in [0.1, 0.15) is 11.6 Å². The maximum atomic E-state index is 12.1. The highest BCUT2D eigenvalue weighted by atomic mass is 32.1. The van der Waals surface area contributed by atoms with Gasteiger partial charge in [-0.2, -0.15) is 5.26 Å². The van der Waals surface area contributed by atoms with Gasteiger partial charge in [-0.3, -0.25) is 0 Å². The number of esters is 1. The Hall–Kier alpha value is -3.31. The summed E-state index contributed by atoms with van der Waals surface area (Å²) in [6.07, 6.45) is 0.881. The van der Waals surface area contributed by atoms with Crippen molar-refractivity contribution in [3.8, 4) is 17.6 Å². The Kier molecular flexibility index (Phi) is 7.40. The molecule has 0 saturated heterocycles. The number of carbonyl (C=O) groups is 2. The molecule has 1 N–H and O–H groups in total. The third-order valence-corrected chi connectivity index (χ3v) is 4.19. The van der Waals surface area contributed by atoms with Crippen molar-refractivity contribution in [3.05, 3.63) is 51.7 Å². The van der Waals surface area contributed by atoms with Gasteiger partial charge < -0.3 is 19.3 Å². The van der Waals surface area contributed by atoms with Gasteiger partial charge in [-0.1, -0.05) is 12.1 Å². The highest BCUT2D eigenvalue weighted by Crippen LogP contribution is 2.28. The fraction of sp³-hybridized carbons (Fsp3) is 0.211. The molecule has 0 aliphatic carbocycles. The minimum atomic E-state index is -0.970. The van der Waals surface area contributed by atoms with Crippen LogP contribution < -0.4 is 4.74 Å². The lowest BCUT2D eigenvalue weighted by atomic mass is 10.1. The van der Waals surface area contributed by atoms with Crippen LogP contribution >= 0.6 is 11.3 Å². The topological polar surface area (TPSA) is 106 Å². The molecule has 1 aromatic carbocycles. The number of nitrogens with zero attached hydrogens (tertiary/aromatic N) is 1. The molecule has 0 aliphatic rings. The predicted molar refractivity (Wildman–Crippen MR) is 98.3 cm³/mol. The Morgan fingerprint density at radius 3 is 2.78 bits per heavy atom. The summed E-state index contributed by atoms with van der Waals surface area (Å²) in [4.78, 5) is 24.5. The van der Waals surface area contributed by atoms with Crippen LogP contribution in [0.1, 0.15) is 17.4 Å². The van der Waals surface area contributed by atoms with Crippen molar-refractivity contribution in [2.24, 2.45) is 0 Å². The van der Waals surface area contributed by atoms with E-state index in [0.717, 1.165) is 4.88 Å². The Labute approximate surface area is 160 Å². The molecular weight excluding hydrogens is 370 g/mol. The molecule has 2 rings (SSSR count). The quantitative estimate of drug-likeness (QED) is 0.334. The summed E-state index contributed by atoms with van der Waals surface area (Å²) in [7, 11) is 0. The van der Waals surface area contributed by atoms with Gasteiger partial charge in [0.2, 0.25) is 0 Å². The SMILES string of the molecule is CCOC(=O)Oc1cc(C=C(C#N)C(=O)OCCc2cccs2)ccc1O. The molecule has 0 radical (unpaired) electrons. The summed E-state index contributed by atoms with van der Waals surface area (Å²) in [5.74, 6) is -1.18. The van der Waals surface area contributed by atoms with Crippen LogP contribution in [0.5, 0.6) is 11.5 Å². The Bertz CT molecular complexity index is 867. The van der Waals surface area contributed by atoms with Crippen LogP contribution in [-0.2, 0) is 20.7 Å². The number of phenols is 1. The standard InChI is InChI=1S/C19H17NO6S/c1-2-24-19(23)26-17-11-13(5-6-16(17)21)10-14(12-20)18(22)25-8-7-15-4-3-9-27-15/h3-6,9-11,21H,2,7-8H2,1H3. The van der Waals surface area contributed by atoms with Gasteiger partial charge in [-0.05, 0) is 42.1 Å². The van der Waals surface area contributed by atoms with E-state index in [4.69, 9.17) is 9.47 Å². The molecule has 0 fully saturated rings. The monoisotopic (exact) mass is 387 g/mol. The second-order valence-electron chi connectivity index (χ2n) is 5.15. The Morgan fingerprint density at radius 1 is 1.30 bits per heavy atom. The third-order valence-electron chi connectivity index (χ3n) is 3.25. The lowest BCUT2D eigenvalue weighted by Crippen LogP contribution is -2.10. The molecule has 0 amide bonds. The zero-order valence-electron chi connectivity index (χ0n) is 14.5. The first kappa shape index (κ1) is 20.0. The maximum absolute atomic E-state index is 12.1. The first-order valence-electron chi connectivity index (χ1n) is 8.02. The van der Waals surface area contributed by atoms with E-state index in [-0.39, 0.29) is 30.3 Å². The third kappa shape index (κ3) is 6.17. The molecule has 140 valence electrons. The summed E-state index contributed by atoms with van der Waals surface area (Å²) in [5.41, 5.74) is 0.160. The largest absolute Gasteiger partial charge is 0.513 e. The van der Waals surface area contributed by atoms with E-state index < -0.39 is 12.1 Å². The van der Waals surface area contributed by atoms with E-state index in [0.29, 0.717) is 12.0 Å². The van der Waals surface area contributed by atoms with E-state index >= 15 is 0 Å². The molecule has 1 heterocycles. The molecular formula is C19H17NO6S. The highest BCUT2D eigenvalue weighted by molar-refractivity contribution is 7.09. The van der Waals surface area contributed by atoms with Crippen LogP contribution in [0.4, 0.5) is 4.79 Å². The molecule has 0 unspecified atom stereocenters. The van der Waals surface area contributed by atoms with Crippen molar-refractivity contribution in [2.45, 2.75) is 13.3 Å². The lowest BCUT2D eigenvalue weighted by Gasteiger charge is -2.07. The summed E-state index contributed by atoms with van der Waals surface area (Å²) in [5, 5.41) is 20.9. The predicted octanol–water partition coefficient (Wildman–Crippen LogP) is 3.68. The van der Waals surface area contributed by atoms with Gasteiger partial charge in [-0.25, -0.2) is 9.59 Å². The molecule has 27 heavy (non-hydrogen) atoms. The molecule has 0 atom stereocenters. The summed E-state index contributed by atoms with van der Waals surface area (Å²) >= 11 is 1.56. The lowest BCUT2D eigenvalue weighted by molar-refractivity contribution is -0.138. The fourth-order valence-electron chi connectivity index (χ4n) is 2.02. The zero-order chi connectivity index (χ0) is 19.6. The van der Waals surface area contributed by atoms with Crippen molar-refractivity contribution in [2.75, 3.05) is 13.2 Å². The van der Waals surface area contributed by atoms with Crippen LogP contribution in [0, 0.1) is 11.3 Å². The van der Waals surface area contributed by atoms with Crippen LogP contribution in [0.15, 0.2) is 41.3 Å². The van der Waals surface area contributed by atoms with E-state index in [9.17, 15) is 20.0 Å². The van der Waals surface area contributed by atoms with E-state index in [1.165, 1.54) is 24.3 Å². The second-order valence-corrected chi connectivity index (χ2v) is 6.18. The first-order chi connectivity index (χ1) is 13.0. The van der Waals surface area contributed by atoms with Gasteiger partial charge in [0.05, 0.1) is 13.2 Å². The molecule has 0 saturated carbocycles. The van der Waals surface area contributed by atoms with Crippen molar-refractivity contribution in [3.63, 3.8) is 0 Å². The number of aromatic hydroxyl groups is 1. The summed E-state index contributed by atoms with van der Waals surface area (Å²) < 4.78 is 14.6. The molecule has 1 aromatic heterocycles. The number of nitriles is 1. The van der Waals surface area contributed by atoms with Gasteiger partial charge >= 0.3 is 12.1 Å². The molecule has 0 aliphatic heterocycles. The maximum Gasteiger partial charge on any atom is 0.513 e. The molecule has 0 spiro atoms. The number of hydrogen-bond donors (Lipinski definition) is 1. The average molecular weight is 387 g/mol. The van der Waals surface area contributed by atoms with Crippen LogP contribution in [0.2, 0.25) is 0 Å². The van der Waals surface area contributed by atoms with E-state index in [1.807, 2.05) is 17.5 Å². The van der Waals surface area contributed by atoms with E-state index in [1.54, 1.807) is 24.3 Å². The summed E-state index contributed by atoms with van der Waals surface area (Å²) in [6.45, 7) is 1.89. The Balaban J connectivity index is 2.06. The molecule has 7 nitrogen and oxygen atoms in total. The minimum Gasteiger partial charge on any atom is -0.504 e. The van der Waals surface area contributed by atoms with Crippen molar-refractivity contribution in [1.82, 2.24) is 0 Å². The highest BCUT2D eigenvalue weighted by Gasteiger charge is 2.13. The average Bonchev–Trinajstić information content (AvgIpc) is 3.15. The molecule has 0 bridgehead atoms. The van der Waals surface area contributed by atoms with Gasteiger partial charge in [0.15, 0.2) is 11.5 Å². The number of ether oxygens (including phenoxy) is 3. The van der Waals surface area contributed by atoms with Gasteiger partial charge in [0, 0.05) is 11.3 Å². The number of rotatable bonds is 7. The number of phenolic OH excluding ortho intramolecular Hbond substituents is 1. The Morgan fingerprint density at radius 2 is 2.11 bits per heavy atom. The number of benzene rings is 1. The normalized spacial score (nSPS) is 10.7. The van der Waals surface area contributed by atoms with Crippen molar-refractivity contribution < 1.29 is 28.9 Å². The fourth-order valence-corrected chi connectivity index (χ4v) is 2.71. The zero-order valence-corrected chi connectivity index (χ0v) is 15.3. The van der Waals surface area contributed by atoms with Crippen molar-refractivity contribution >= 4 is 29.5 Å². The number of carbonyl (C=O) groups excluding carboxylic acids is 2. The molecule has 2 aromatic rings. The second kappa shape index (κ2) is 9.99. The van der Waals surface area contributed by atoms with Crippen LogP contribution in [-0.4, -0.2) is 30.4 Å². The summed E-state index contributed by atoms with van der Waals surface area (Å²) in [6, 6.07) is 9.67. The number of hydrogen-bond acceptors (Lipinski definition) is 8. The smallest absolute Gasteiger partial charge is 0.504 e. The number of thiophene rings is 1. The van der Waals surface area contributed by atoms with Crippen molar-refractivity contribution in [1.29, 1.82) is 5.26 Å².